The summed E-state index contributed by atoms with van der Waals surface area (Å²) in [5, 5.41) is 0. The van der Waals surface area contributed by atoms with Crippen LogP contribution in [0.2, 0.25) is 0 Å². The van der Waals surface area contributed by atoms with Gasteiger partial charge in [-0.25, -0.2) is 23.9 Å². The van der Waals surface area contributed by atoms with Gasteiger partial charge >= 0.3 is 18.2 Å². The zero-order valence-corrected chi connectivity index (χ0v) is 19.4. The van der Waals surface area contributed by atoms with E-state index >= 15 is 0 Å². The van der Waals surface area contributed by atoms with Crippen LogP contribution < -0.4 is 0 Å². The molecule has 0 spiro atoms. The fourth-order valence-corrected chi connectivity index (χ4v) is 2.29. The number of allylic oxidation sites excluding steroid dienone is 1. The third kappa shape index (κ3) is 13.6. The molecule has 0 saturated carbocycles. The normalized spacial score (nSPS) is 10.7. The Hall–Kier alpha value is -3.76. The number of carbonyl (C=O) groups is 3. The monoisotopic (exact) mass is 480 g/mol. The van der Waals surface area contributed by atoms with Crippen LogP contribution in [0.5, 0.6) is 0 Å². The third-order valence-corrected chi connectivity index (χ3v) is 4.00. The van der Waals surface area contributed by atoms with Crippen LogP contribution in [0.1, 0.15) is 32.6 Å². The number of unbranched alkanes of at least 4 members (excludes halogenated alkanes) is 2. The molecule has 34 heavy (non-hydrogen) atoms. The number of rotatable bonds is 17. The fraction of sp³-hybridized carbons (Fsp3) is 0.478. The molecule has 0 aliphatic heterocycles. The van der Waals surface area contributed by atoms with Crippen molar-refractivity contribution in [1.29, 1.82) is 0 Å². The van der Waals surface area contributed by atoms with Gasteiger partial charge in [0.2, 0.25) is 0 Å². The molecule has 0 atom stereocenters. The molecule has 0 radical (unpaired) electrons. The molecule has 1 heterocycles. The lowest BCUT2D eigenvalue weighted by atomic mass is 10.2. The second-order valence-corrected chi connectivity index (χ2v) is 6.76. The van der Waals surface area contributed by atoms with Crippen LogP contribution in [0.3, 0.4) is 0 Å². The Morgan fingerprint density at radius 2 is 1.50 bits per heavy atom. The van der Waals surface area contributed by atoms with E-state index in [0.717, 1.165) is 11.0 Å². The van der Waals surface area contributed by atoms with Gasteiger partial charge in [-0.15, -0.1) is 0 Å². The Morgan fingerprint density at radius 3 is 2.12 bits per heavy atom. The maximum atomic E-state index is 12.0. The van der Waals surface area contributed by atoms with E-state index in [1.807, 2.05) is 0 Å². The summed E-state index contributed by atoms with van der Waals surface area (Å²) in [6, 6.07) is 0. The van der Waals surface area contributed by atoms with E-state index in [-0.39, 0.29) is 32.0 Å². The summed E-state index contributed by atoms with van der Waals surface area (Å²) in [6.45, 7) is 9.89. The van der Waals surface area contributed by atoms with Crippen LogP contribution in [-0.2, 0) is 33.2 Å². The van der Waals surface area contributed by atoms with Crippen molar-refractivity contribution in [2.24, 2.45) is 0 Å². The van der Waals surface area contributed by atoms with Gasteiger partial charge in [-0.2, -0.15) is 0 Å². The number of carbonyl (C=O) groups excluding carboxylic acids is 3. The maximum absolute atomic E-state index is 12.0. The van der Waals surface area contributed by atoms with E-state index in [1.165, 1.54) is 31.1 Å². The Balaban J connectivity index is 2.05. The van der Waals surface area contributed by atoms with Crippen LogP contribution in [-0.4, -0.2) is 67.4 Å². The van der Waals surface area contributed by atoms with Gasteiger partial charge in [0.05, 0.1) is 32.7 Å². The Kier molecular flexibility index (Phi) is 14.8. The van der Waals surface area contributed by atoms with E-state index in [9.17, 15) is 14.4 Å². The summed E-state index contributed by atoms with van der Waals surface area (Å²) in [5.74, 6) is -0.287. The minimum Gasteiger partial charge on any atom is -0.502 e. The van der Waals surface area contributed by atoms with Gasteiger partial charge in [0.15, 0.2) is 0 Å². The molecule has 0 bridgehead atoms. The summed E-state index contributed by atoms with van der Waals surface area (Å²) >= 11 is 0. The molecule has 188 valence electrons. The van der Waals surface area contributed by atoms with Crippen LogP contribution in [0, 0.1) is 0 Å². The molecule has 0 saturated heterocycles. The maximum Gasteiger partial charge on any atom is 0.508 e. The second kappa shape index (κ2) is 17.8. The molecule has 11 heteroatoms. The SMILES string of the molecule is C=COCCCCOC(=O)OCCCCOC(=C)/C=C(\C)C(=O)OCCOC(=O)n1ccnc1. The number of hydrogen-bond acceptors (Lipinski definition) is 10. The second-order valence-electron chi connectivity index (χ2n) is 6.76. The summed E-state index contributed by atoms with van der Waals surface area (Å²) in [5.41, 5.74) is 0.285. The molecule has 0 amide bonds. The van der Waals surface area contributed by atoms with Gasteiger partial charge in [-0.05, 0) is 38.7 Å². The first-order valence-electron chi connectivity index (χ1n) is 10.8. The summed E-state index contributed by atoms with van der Waals surface area (Å²) in [4.78, 5) is 38.7. The molecule has 0 fully saturated rings. The minimum absolute atomic E-state index is 0.0895. The van der Waals surface area contributed by atoms with Gasteiger partial charge in [-0.3, -0.25) is 0 Å². The molecule has 0 N–H and O–H groups in total. The number of esters is 1. The molecule has 0 aromatic carbocycles. The lowest BCUT2D eigenvalue weighted by molar-refractivity contribution is -0.140. The highest BCUT2D eigenvalue weighted by molar-refractivity contribution is 5.88. The largest absolute Gasteiger partial charge is 0.508 e. The minimum atomic E-state index is -0.705. The summed E-state index contributed by atoms with van der Waals surface area (Å²) in [6.07, 6.45) is 8.33. The van der Waals surface area contributed by atoms with Crippen molar-refractivity contribution in [3.05, 3.63) is 55.5 Å². The smallest absolute Gasteiger partial charge is 0.502 e. The van der Waals surface area contributed by atoms with Crippen LogP contribution in [0.4, 0.5) is 9.59 Å². The predicted octanol–water partition coefficient (Wildman–Crippen LogP) is 3.76. The molecule has 1 rings (SSSR count). The topological polar surface area (TPSA) is 124 Å². The average Bonchev–Trinajstić information content (AvgIpc) is 3.36. The molecule has 0 unspecified atom stereocenters. The molecule has 1 aromatic rings. The fourth-order valence-electron chi connectivity index (χ4n) is 2.29. The Bertz CT molecular complexity index is 803. The lowest BCUT2D eigenvalue weighted by Gasteiger charge is -2.09. The van der Waals surface area contributed by atoms with Crippen LogP contribution >= 0.6 is 0 Å². The van der Waals surface area contributed by atoms with E-state index in [1.54, 1.807) is 6.92 Å². The highest BCUT2D eigenvalue weighted by atomic mass is 16.7. The predicted molar refractivity (Wildman–Crippen MR) is 121 cm³/mol. The number of nitrogens with zero attached hydrogens (tertiary/aromatic N) is 2. The lowest BCUT2D eigenvalue weighted by Crippen LogP contribution is -2.17. The Morgan fingerprint density at radius 1 is 0.882 bits per heavy atom. The number of ether oxygens (including phenoxy) is 6. The average molecular weight is 481 g/mol. The van der Waals surface area contributed by atoms with E-state index in [4.69, 9.17) is 28.4 Å². The van der Waals surface area contributed by atoms with Crippen molar-refractivity contribution in [2.75, 3.05) is 39.6 Å². The van der Waals surface area contributed by atoms with Crippen molar-refractivity contribution in [3.8, 4) is 0 Å². The summed E-state index contributed by atoms with van der Waals surface area (Å²) in [7, 11) is 0. The van der Waals surface area contributed by atoms with E-state index < -0.39 is 18.2 Å². The van der Waals surface area contributed by atoms with Gasteiger partial charge in [0.1, 0.15) is 25.3 Å². The number of imidazole rings is 1. The zero-order chi connectivity index (χ0) is 25.0. The first kappa shape index (κ1) is 28.3. The Labute approximate surface area is 198 Å². The van der Waals surface area contributed by atoms with Gasteiger partial charge in [0.25, 0.3) is 0 Å². The molecule has 1 aromatic heterocycles. The zero-order valence-electron chi connectivity index (χ0n) is 19.4. The van der Waals surface area contributed by atoms with Crippen molar-refractivity contribution in [1.82, 2.24) is 9.55 Å². The van der Waals surface area contributed by atoms with Gasteiger partial charge in [-0.1, -0.05) is 13.2 Å². The molecule has 0 aliphatic rings. The van der Waals surface area contributed by atoms with Crippen molar-refractivity contribution in [2.45, 2.75) is 32.6 Å². The highest BCUT2D eigenvalue weighted by Crippen LogP contribution is 2.06. The van der Waals surface area contributed by atoms with Gasteiger partial charge in [0, 0.05) is 18.0 Å². The van der Waals surface area contributed by atoms with E-state index in [2.05, 4.69) is 18.1 Å². The standard InChI is InChI=1S/C23H32N2O9/c1-4-29-11-5-6-13-33-23(28)34-14-8-7-12-30-20(3)17-19(2)21(26)31-15-16-32-22(27)25-10-9-24-18-25/h4,9-10,17-18H,1,3,5-8,11-16H2,2H3/b19-17+. The molecular formula is C23H32N2O9. The van der Waals surface area contributed by atoms with Crippen molar-refractivity contribution < 1.29 is 42.8 Å². The van der Waals surface area contributed by atoms with E-state index in [0.29, 0.717) is 38.2 Å². The van der Waals surface area contributed by atoms with Crippen molar-refractivity contribution in [3.63, 3.8) is 0 Å². The third-order valence-electron chi connectivity index (χ3n) is 4.00. The first-order chi connectivity index (χ1) is 16.4. The van der Waals surface area contributed by atoms with Crippen LogP contribution in [0.15, 0.2) is 55.5 Å². The molecule has 0 aliphatic carbocycles. The first-order valence-corrected chi connectivity index (χ1v) is 10.8. The number of hydrogen-bond donors (Lipinski definition) is 0. The quantitative estimate of drug-likeness (QED) is 0.0812. The highest BCUT2D eigenvalue weighted by Gasteiger charge is 2.09. The summed E-state index contributed by atoms with van der Waals surface area (Å²) < 4.78 is 31.4. The van der Waals surface area contributed by atoms with Gasteiger partial charge < -0.3 is 28.4 Å². The van der Waals surface area contributed by atoms with Crippen molar-refractivity contribution >= 4 is 18.2 Å². The molecular weight excluding hydrogens is 448 g/mol. The number of aromatic nitrogens is 2. The molecule has 11 nitrogen and oxygen atoms in total. The van der Waals surface area contributed by atoms with Crippen LogP contribution in [0.25, 0.3) is 0 Å².